The Hall–Kier alpha value is -1.46. The summed E-state index contributed by atoms with van der Waals surface area (Å²) in [5, 5.41) is 3.72. The fraction of sp³-hybridized carbons (Fsp3) is 0.333. The number of aromatic nitrogens is 2. The van der Waals surface area contributed by atoms with Crippen molar-refractivity contribution < 1.29 is 4.39 Å². The Morgan fingerprint density at radius 1 is 1.20 bits per heavy atom. The van der Waals surface area contributed by atoms with Crippen molar-refractivity contribution in [2.75, 3.05) is 7.05 Å². The largest absolute Gasteiger partial charge is 0.313 e. The van der Waals surface area contributed by atoms with E-state index in [1.807, 2.05) is 40.0 Å². The van der Waals surface area contributed by atoms with Crippen molar-refractivity contribution in [2.24, 2.45) is 0 Å². The van der Waals surface area contributed by atoms with Gasteiger partial charge in [-0.2, -0.15) is 0 Å². The first-order valence-corrected chi connectivity index (χ1v) is 7.28. The van der Waals surface area contributed by atoms with Crippen LogP contribution in [0.25, 0.3) is 0 Å². The molecular weight excluding hydrogens is 273 g/mol. The van der Waals surface area contributed by atoms with Gasteiger partial charge in [-0.15, -0.1) is 0 Å². The maximum Gasteiger partial charge on any atom is 0.192 e. The summed E-state index contributed by atoms with van der Waals surface area (Å²) in [6.07, 6.45) is 0. The predicted molar refractivity (Wildman–Crippen MR) is 79.5 cm³/mol. The number of nitrogens with one attached hydrogen (secondary N) is 1. The number of rotatable bonds is 4. The predicted octanol–water partition coefficient (Wildman–Crippen LogP) is 3.66. The number of hydrogen-bond donors (Lipinski definition) is 1. The highest BCUT2D eigenvalue weighted by atomic mass is 32.2. The van der Waals surface area contributed by atoms with Crippen LogP contribution in [-0.2, 0) is 0 Å². The number of halogens is 1. The van der Waals surface area contributed by atoms with E-state index in [0.29, 0.717) is 10.1 Å². The van der Waals surface area contributed by atoms with E-state index >= 15 is 0 Å². The minimum absolute atomic E-state index is 0.0686. The van der Waals surface area contributed by atoms with E-state index in [9.17, 15) is 4.39 Å². The van der Waals surface area contributed by atoms with Gasteiger partial charge in [-0.1, -0.05) is 12.1 Å². The molecule has 5 heteroatoms. The summed E-state index contributed by atoms with van der Waals surface area (Å²) in [6.45, 7) is 5.83. The average molecular weight is 291 g/mol. The van der Waals surface area contributed by atoms with E-state index < -0.39 is 0 Å². The highest BCUT2D eigenvalue weighted by Crippen LogP contribution is 2.33. The number of aryl methyl sites for hydroxylation is 2. The highest BCUT2D eigenvalue weighted by Gasteiger charge is 2.15. The molecule has 0 amide bonds. The molecule has 0 aliphatic carbocycles. The summed E-state index contributed by atoms with van der Waals surface area (Å²) >= 11 is 1.28. The van der Waals surface area contributed by atoms with Crippen molar-refractivity contribution >= 4 is 11.8 Å². The van der Waals surface area contributed by atoms with Gasteiger partial charge in [-0.05, 0) is 57.3 Å². The molecule has 0 aliphatic rings. The van der Waals surface area contributed by atoms with E-state index in [4.69, 9.17) is 0 Å². The second-order valence-electron chi connectivity index (χ2n) is 4.70. The molecule has 0 spiro atoms. The van der Waals surface area contributed by atoms with Crippen molar-refractivity contribution in [3.8, 4) is 0 Å². The van der Waals surface area contributed by atoms with Crippen LogP contribution in [0.4, 0.5) is 4.39 Å². The molecule has 2 rings (SSSR count). The van der Waals surface area contributed by atoms with Gasteiger partial charge in [0.25, 0.3) is 0 Å². The molecule has 0 saturated carbocycles. The third-order valence-corrected chi connectivity index (χ3v) is 4.05. The van der Waals surface area contributed by atoms with Gasteiger partial charge in [-0.3, -0.25) is 0 Å². The van der Waals surface area contributed by atoms with Gasteiger partial charge in [0.15, 0.2) is 5.16 Å². The molecule has 1 N–H and O–H groups in total. The molecule has 106 valence electrons. The summed E-state index contributed by atoms with van der Waals surface area (Å²) < 4.78 is 14.1. The molecule has 0 radical (unpaired) electrons. The maximum atomic E-state index is 14.1. The van der Waals surface area contributed by atoms with Crippen molar-refractivity contribution in [1.29, 1.82) is 0 Å². The normalized spacial score (nSPS) is 12.4. The quantitative estimate of drug-likeness (QED) is 0.872. The molecule has 1 aromatic heterocycles. The zero-order valence-corrected chi connectivity index (χ0v) is 12.9. The second-order valence-corrected chi connectivity index (χ2v) is 5.68. The van der Waals surface area contributed by atoms with E-state index in [-0.39, 0.29) is 11.9 Å². The molecule has 0 saturated heterocycles. The molecule has 1 atom stereocenters. The molecule has 1 heterocycles. The molecule has 0 bridgehead atoms. The van der Waals surface area contributed by atoms with Crippen LogP contribution in [0.5, 0.6) is 0 Å². The third kappa shape index (κ3) is 3.35. The van der Waals surface area contributed by atoms with Gasteiger partial charge in [0.2, 0.25) is 0 Å². The van der Waals surface area contributed by atoms with E-state index in [1.54, 1.807) is 6.07 Å². The Morgan fingerprint density at radius 3 is 2.45 bits per heavy atom. The smallest absolute Gasteiger partial charge is 0.192 e. The number of nitrogens with zero attached hydrogens (tertiary/aromatic N) is 2. The topological polar surface area (TPSA) is 37.8 Å². The third-order valence-electron chi connectivity index (χ3n) is 3.05. The Bertz CT molecular complexity index is 596. The highest BCUT2D eigenvalue weighted by molar-refractivity contribution is 7.99. The standard InChI is InChI=1S/C15H18FN3S/c1-9-8-10(2)19-15(18-9)20-14-12(11(3)17-4)6-5-7-13(14)16/h5-8,11,17H,1-4H3. The Kier molecular flexibility index (Phi) is 4.73. The molecule has 1 aromatic carbocycles. The zero-order chi connectivity index (χ0) is 14.7. The van der Waals surface area contributed by atoms with Crippen molar-refractivity contribution in [3.63, 3.8) is 0 Å². The summed E-state index contributed by atoms with van der Waals surface area (Å²) in [5.41, 5.74) is 2.69. The molecule has 0 fully saturated rings. The van der Waals surface area contributed by atoms with Crippen LogP contribution in [0, 0.1) is 19.7 Å². The molecule has 2 aromatic rings. The van der Waals surface area contributed by atoms with Crippen LogP contribution in [0.1, 0.15) is 29.9 Å². The van der Waals surface area contributed by atoms with Gasteiger partial charge in [0.05, 0.1) is 4.90 Å². The van der Waals surface area contributed by atoms with Gasteiger partial charge in [0, 0.05) is 17.4 Å². The van der Waals surface area contributed by atoms with Crippen LogP contribution >= 0.6 is 11.8 Å². The van der Waals surface area contributed by atoms with Crippen LogP contribution < -0.4 is 5.32 Å². The van der Waals surface area contributed by atoms with E-state index in [0.717, 1.165) is 17.0 Å². The lowest BCUT2D eigenvalue weighted by Crippen LogP contribution is -2.13. The van der Waals surface area contributed by atoms with Crippen LogP contribution in [0.2, 0.25) is 0 Å². The summed E-state index contributed by atoms with van der Waals surface area (Å²) in [4.78, 5) is 9.31. The van der Waals surface area contributed by atoms with Crippen molar-refractivity contribution in [1.82, 2.24) is 15.3 Å². The molecule has 1 unspecified atom stereocenters. The molecule has 3 nitrogen and oxygen atoms in total. The van der Waals surface area contributed by atoms with Crippen molar-refractivity contribution in [2.45, 2.75) is 36.9 Å². The molecule has 20 heavy (non-hydrogen) atoms. The first kappa shape index (κ1) is 14.9. The first-order valence-electron chi connectivity index (χ1n) is 6.47. The SMILES string of the molecule is CNC(C)c1cccc(F)c1Sc1nc(C)cc(C)n1. The number of benzene rings is 1. The fourth-order valence-electron chi connectivity index (χ4n) is 1.96. The summed E-state index contributed by atoms with van der Waals surface area (Å²) in [6, 6.07) is 7.10. The summed E-state index contributed by atoms with van der Waals surface area (Å²) in [5.74, 6) is -0.239. The lowest BCUT2D eigenvalue weighted by Gasteiger charge is -2.15. The molecule has 0 aliphatic heterocycles. The second kappa shape index (κ2) is 6.33. The monoisotopic (exact) mass is 291 g/mol. The Labute approximate surface area is 123 Å². The maximum absolute atomic E-state index is 14.1. The Balaban J connectivity index is 2.42. The van der Waals surface area contributed by atoms with Gasteiger partial charge in [0.1, 0.15) is 5.82 Å². The summed E-state index contributed by atoms with van der Waals surface area (Å²) in [7, 11) is 1.86. The van der Waals surface area contributed by atoms with Gasteiger partial charge >= 0.3 is 0 Å². The van der Waals surface area contributed by atoms with Crippen LogP contribution in [0.3, 0.4) is 0 Å². The minimum atomic E-state index is -0.239. The number of hydrogen-bond acceptors (Lipinski definition) is 4. The zero-order valence-electron chi connectivity index (χ0n) is 12.1. The van der Waals surface area contributed by atoms with Gasteiger partial charge < -0.3 is 5.32 Å². The lowest BCUT2D eigenvalue weighted by molar-refractivity contribution is 0.575. The first-order chi connectivity index (χ1) is 9.51. The van der Waals surface area contributed by atoms with Crippen LogP contribution in [0.15, 0.2) is 34.3 Å². The van der Waals surface area contributed by atoms with Crippen molar-refractivity contribution in [3.05, 3.63) is 47.0 Å². The van der Waals surface area contributed by atoms with E-state index in [2.05, 4.69) is 15.3 Å². The Morgan fingerprint density at radius 2 is 1.85 bits per heavy atom. The average Bonchev–Trinajstić information content (AvgIpc) is 2.39. The van der Waals surface area contributed by atoms with Crippen LogP contribution in [-0.4, -0.2) is 17.0 Å². The fourth-order valence-corrected chi connectivity index (χ4v) is 3.05. The lowest BCUT2D eigenvalue weighted by atomic mass is 10.1. The van der Waals surface area contributed by atoms with E-state index in [1.165, 1.54) is 17.8 Å². The molecular formula is C15H18FN3S. The minimum Gasteiger partial charge on any atom is -0.313 e. The van der Waals surface area contributed by atoms with Gasteiger partial charge in [-0.25, -0.2) is 14.4 Å².